The number of β-lactam (4-membered cyclic amide) rings is 1. The number of nitrogens with zero attached hydrogens (tertiary/aromatic N) is 1. The Morgan fingerprint density at radius 1 is 1.41 bits per heavy atom. The smallest absolute Gasteiger partial charge is 0.320 e. The van der Waals surface area contributed by atoms with Gasteiger partial charge in [-0.2, -0.15) is 0 Å². The van der Waals surface area contributed by atoms with Crippen molar-refractivity contribution in [1.82, 2.24) is 0 Å². The fourth-order valence-corrected chi connectivity index (χ4v) is 1.74. The Kier molecular flexibility index (Phi) is 3.10. The van der Waals surface area contributed by atoms with Gasteiger partial charge in [-0.3, -0.25) is 9.59 Å². The van der Waals surface area contributed by atoms with Gasteiger partial charge in [-0.15, -0.1) is 0 Å². The first-order valence-electron chi connectivity index (χ1n) is 5.45. The molecule has 1 fully saturated rings. The Hall–Kier alpha value is -1.88. The highest BCUT2D eigenvalue weighted by atomic mass is 16.4. The number of carboxylic acids is 1. The highest BCUT2D eigenvalue weighted by Gasteiger charge is 2.24. The molecule has 0 radical (unpaired) electrons. The average Bonchev–Trinajstić information content (AvgIpc) is 2.29. The van der Waals surface area contributed by atoms with Gasteiger partial charge < -0.3 is 15.7 Å². The van der Waals surface area contributed by atoms with Gasteiger partial charge >= 0.3 is 5.97 Å². The Bertz CT molecular complexity index is 442. The molecule has 0 unspecified atom stereocenters. The second-order valence-electron chi connectivity index (χ2n) is 4.11. The molecule has 1 saturated heterocycles. The van der Waals surface area contributed by atoms with Crippen molar-refractivity contribution in [2.45, 2.75) is 18.9 Å². The molecule has 2 rings (SSSR count). The molecule has 1 aromatic rings. The molecule has 1 aliphatic rings. The SMILES string of the molecule is N[C@@H](Cc1ccc(N2CCC2=O)cc1)C(=O)O. The molecular weight excluding hydrogens is 220 g/mol. The van der Waals surface area contributed by atoms with Crippen LogP contribution >= 0.6 is 0 Å². The topological polar surface area (TPSA) is 83.6 Å². The lowest BCUT2D eigenvalue weighted by atomic mass is 10.1. The lowest BCUT2D eigenvalue weighted by Crippen LogP contribution is -2.43. The van der Waals surface area contributed by atoms with Crippen LogP contribution in [0.25, 0.3) is 0 Å². The van der Waals surface area contributed by atoms with Gasteiger partial charge in [0.15, 0.2) is 0 Å². The highest BCUT2D eigenvalue weighted by Crippen LogP contribution is 2.22. The quantitative estimate of drug-likeness (QED) is 0.737. The van der Waals surface area contributed by atoms with E-state index >= 15 is 0 Å². The predicted molar refractivity (Wildman–Crippen MR) is 62.7 cm³/mol. The summed E-state index contributed by atoms with van der Waals surface area (Å²) in [6.45, 7) is 0.757. The molecule has 1 heterocycles. The molecule has 0 aromatic heterocycles. The van der Waals surface area contributed by atoms with E-state index in [2.05, 4.69) is 0 Å². The maximum Gasteiger partial charge on any atom is 0.320 e. The number of carbonyl (C=O) groups is 2. The van der Waals surface area contributed by atoms with E-state index in [-0.39, 0.29) is 5.91 Å². The van der Waals surface area contributed by atoms with Crippen LogP contribution in [0.15, 0.2) is 24.3 Å². The van der Waals surface area contributed by atoms with Crippen LogP contribution in [0, 0.1) is 0 Å². The first-order valence-corrected chi connectivity index (χ1v) is 5.45. The fraction of sp³-hybridized carbons (Fsp3) is 0.333. The van der Waals surface area contributed by atoms with Crippen molar-refractivity contribution in [3.05, 3.63) is 29.8 Å². The lowest BCUT2D eigenvalue weighted by Gasteiger charge is -2.30. The summed E-state index contributed by atoms with van der Waals surface area (Å²) in [4.78, 5) is 23.5. The number of carbonyl (C=O) groups excluding carboxylic acids is 1. The largest absolute Gasteiger partial charge is 0.480 e. The second-order valence-corrected chi connectivity index (χ2v) is 4.11. The molecule has 0 saturated carbocycles. The Morgan fingerprint density at radius 3 is 2.47 bits per heavy atom. The molecule has 90 valence electrons. The zero-order valence-electron chi connectivity index (χ0n) is 9.30. The van der Waals surface area contributed by atoms with Crippen LogP contribution in [0.5, 0.6) is 0 Å². The summed E-state index contributed by atoms with van der Waals surface area (Å²) in [5.74, 6) is -0.882. The van der Waals surface area contributed by atoms with Gasteiger partial charge in [0.05, 0.1) is 0 Å². The number of rotatable bonds is 4. The summed E-state index contributed by atoms with van der Waals surface area (Å²) in [5.41, 5.74) is 7.16. The van der Waals surface area contributed by atoms with E-state index in [1.807, 2.05) is 24.3 Å². The van der Waals surface area contributed by atoms with Gasteiger partial charge in [0.2, 0.25) is 5.91 Å². The number of hydrogen-bond donors (Lipinski definition) is 2. The van der Waals surface area contributed by atoms with Gasteiger partial charge in [-0.1, -0.05) is 12.1 Å². The van der Waals surface area contributed by atoms with Crippen molar-refractivity contribution in [3.8, 4) is 0 Å². The number of benzene rings is 1. The highest BCUT2D eigenvalue weighted by molar-refractivity contribution is 5.99. The number of carboxylic acid groups (broad SMARTS) is 1. The van der Waals surface area contributed by atoms with Gasteiger partial charge in [0.1, 0.15) is 6.04 Å². The van der Waals surface area contributed by atoms with Crippen molar-refractivity contribution in [1.29, 1.82) is 0 Å². The van der Waals surface area contributed by atoms with Crippen molar-refractivity contribution in [2.75, 3.05) is 11.4 Å². The zero-order chi connectivity index (χ0) is 12.4. The van der Waals surface area contributed by atoms with Crippen LogP contribution in [-0.2, 0) is 16.0 Å². The number of anilines is 1. The molecule has 3 N–H and O–H groups in total. The van der Waals surface area contributed by atoms with Gasteiger partial charge in [-0.05, 0) is 24.1 Å². The second kappa shape index (κ2) is 4.55. The number of nitrogens with two attached hydrogens (primary N) is 1. The minimum Gasteiger partial charge on any atom is -0.480 e. The van der Waals surface area contributed by atoms with Crippen LogP contribution in [0.1, 0.15) is 12.0 Å². The molecule has 0 aliphatic carbocycles. The van der Waals surface area contributed by atoms with E-state index in [1.54, 1.807) is 4.90 Å². The predicted octanol–water partition coefficient (Wildman–Crippen LogP) is 0.378. The molecule has 1 aromatic carbocycles. The summed E-state index contributed by atoms with van der Waals surface area (Å²) >= 11 is 0. The van der Waals surface area contributed by atoms with Crippen LogP contribution in [0.2, 0.25) is 0 Å². The molecule has 1 aliphatic heterocycles. The summed E-state index contributed by atoms with van der Waals surface area (Å²) in [7, 11) is 0. The van der Waals surface area contributed by atoms with Gasteiger partial charge in [0.25, 0.3) is 0 Å². The van der Waals surface area contributed by atoms with E-state index in [1.165, 1.54) is 0 Å². The molecule has 0 spiro atoms. The molecule has 5 nitrogen and oxygen atoms in total. The molecule has 1 atom stereocenters. The first kappa shape index (κ1) is 11.6. The molecular formula is C12H14N2O3. The first-order chi connectivity index (χ1) is 8.08. The minimum absolute atomic E-state index is 0.125. The van der Waals surface area contributed by atoms with E-state index in [4.69, 9.17) is 10.8 Å². The van der Waals surface area contributed by atoms with Crippen LogP contribution < -0.4 is 10.6 Å². The standard InChI is InChI=1S/C12H14N2O3/c13-10(12(16)17)7-8-1-3-9(4-2-8)14-6-5-11(14)15/h1-4,10H,5-7,13H2,(H,16,17)/t10-/m0/s1. The van der Waals surface area contributed by atoms with E-state index in [0.717, 1.165) is 17.8 Å². The maximum absolute atomic E-state index is 11.2. The van der Waals surface area contributed by atoms with Gasteiger partial charge in [0, 0.05) is 18.7 Å². The van der Waals surface area contributed by atoms with Crippen molar-refractivity contribution >= 4 is 17.6 Å². The summed E-state index contributed by atoms with van der Waals surface area (Å²) in [6.07, 6.45) is 0.898. The molecule has 17 heavy (non-hydrogen) atoms. The third-order valence-corrected chi connectivity index (χ3v) is 2.87. The van der Waals surface area contributed by atoms with Crippen LogP contribution in [0.4, 0.5) is 5.69 Å². The van der Waals surface area contributed by atoms with E-state index < -0.39 is 12.0 Å². The minimum atomic E-state index is -1.01. The number of hydrogen-bond acceptors (Lipinski definition) is 3. The average molecular weight is 234 g/mol. The third kappa shape index (κ3) is 2.45. The normalized spacial score (nSPS) is 16.5. The van der Waals surface area contributed by atoms with Crippen molar-refractivity contribution < 1.29 is 14.7 Å². The van der Waals surface area contributed by atoms with Crippen molar-refractivity contribution in [2.24, 2.45) is 5.73 Å². The lowest BCUT2D eigenvalue weighted by molar-refractivity contribution is -0.138. The Labute approximate surface area is 98.8 Å². The van der Waals surface area contributed by atoms with E-state index in [9.17, 15) is 9.59 Å². The summed E-state index contributed by atoms with van der Waals surface area (Å²) in [5, 5.41) is 8.69. The molecule has 5 heteroatoms. The summed E-state index contributed by atoms with van der Waals surface area (Å²) < 4.78 is 0. The van der Waals surface area contributed by atoms with Crippen LogP contribution in [-0.4, -0.2) is 29.6 Å². The number of aliphatic carboxylic acids is 1. The number of amides is 1. The Morgan fingerprint density at radius 2 is 2.06 bits per heavy atom. The third-order valence-electron chi connectivity index (χ3n) is 2.87. The monoisotopic (exact) mass is 234 g/mol. The molecule has 0 bridgehead atoms. The van der Waals surface area contributed by atoms with Crippen molar-refractivity contribution in [3.63, 3.8) is 0 Å². The fourth-order valence-electron chi connectivity index (χ4n) is 1.74. The Balaban J connectivity index is 2.03. The maximum atomic E-state index is 11.2. The summed E-state index contributed by atoms with van der Waals surface area (Å²) in [6, 6.07) is 6.38. The van der Waals surface area contributed by atoms with Gasteiger partial charge in [-0.25, -0.2) is 0 Å². The van der Waals surface area contributed by atoms with Crippen LogP contribution in [0.3, 0.4) is 0 Å². The van der Waals surface area contributed by atoms with E-state index in [0.29, 0.717) is 12.8 Å². The zero-order valence-corrected chi connectivity index (χ0v) is 9.30. The molecule has 1 amide bonds.